The Hall–Kier alpha value is -3.68. The van der Waals surface area contributed by atoms with Gasteiger partial charge in [-0.2, -0.15) is 0 Å². The minimum absolute atomic E-state index is 0.0700. The van der Waals surface area contributed by atoms with Crippen LogP contribution in [0.25, 0.3) is 16.8 Å². The first-order valence-electron chi connectivity index (χ1n) is 10.0. The van der Waals surface area contributed by atoms with Gasteiger partial charge in [0.05, 0.1) is 6.42 Å². The van der Waals surface area contributed by atoms with Crippen LogP contribution in [0.15, 0.2) is 59.4 Å². The summed E-state index contributed by atoms with van der Waals surface area (Å²) in [5.41, 5.74) is 1.41. The third-order valence-corrected chi connectivity index (χ3v) is 5.41. The van der Waals surface area contributed by atoms with Crippen molar-refractivity contribution in [1.29, 1.82) is 0 Å². The average Bonchev–Trinajstić information content (AvgIpc) is 3.44. The fourth-order valence-electron chi connectivity index (χ4n) is 3.82. The van der Waals surface area contributed by atoms with Crippen molar-refractivity contribution in [3.63, 3.8) is 0 Å². The van der Waals surface area contributed by atoms with Gasteiger partial charge in [-0.25, -0.2) is 9.97 Å². The molecule has 0 atom stereocenters. The van der Waals surface area contributed by atoms with Crippen molar-refractivity contribution in [1.82, 2.24) is 24.6 Å². The first-order chi connectivity index (χ1) is 14.7. The topological polar surface area (TPSA) is 80.3 Å². The molecule has 8 heteroatoms. The second-order valence-corrected chi connectivity index (χ2v) is 7.39. The van der Waals surface area contributed by atoms with Crippen LogP contribution in [-0.4, -0.2) is 56.7 Å². The molecule has 152 valence electrons. The number of hydrogen-bond acceptors (Lipinski definition) is 6. The van der Waals surface area contributed by atoms with E-state index in [0.29, 0.717) is 24.4 Å². The summed E-state index contributed by atoms with van der Waals surface area (Å²) in [6.07, 6.45) is 4.19. The molecule has 0 radical (unpaired) electrons. The highest BCUT2D eigenvalue weighted by Gasteiger charge is 2.24. The minimum Gasteiger partial charge on any atom is -0.356 e. The van der Waals surface area contributed by atoms with Crippen LogP contribution in [0.2, 0.25) is 0 Å². The van der Waals surface area contributed by atoms with Crippen LogP contribution in [0.3, 0.4) is 0 Å². The number of amides is 1. The smallest absolute Gasteiger partial charge is 0.228 e. The Morgan fingerprint density at radius 3 is 2.53 bits per heavy atom. The van der Waals surface area contributed by atoms with E-state index in [1.807, 2.05) is 71.2 Å². The van der Waals surface area contributed by atoms with Crippen LogP contribution in [0.5, 0.6) is 0 Å². The summed E-state index contributed by atoms with van der Waals surface area (Å²) in [6, 6.07) is 13.6. The summed E-state index contributed by atoms with van der Waals surface area (Å²) >= 11 is 0. The highest BCUT2D eigenvalue weighted by molar-refractivity contribution is 5.86. The Bertz CT molecular complexity index is 1180. The largest absolute Gasteiger partial charge is 0.356 e. The Labute approximate surface area is 173 Å². The molecule has 1 amide bonds. The summed E-state index contributed by atoms with van der Waals surface area (Å²) in [4.78, 5) is 26.0. The van der Waals surface area contributed by atoms with E-state index >= 15 is 0 Å². The molecule has 5 rings (SSSR count). The number of carbonyl (C=O) groups excluding carboxylic acids is 1. The van der Waals surface area contributed by atoms with Gasteiger partial charge in [0, 0.05) is 50.0 Å². The van der Waals surface area contributed by atoms with Crippen LogP contribution in [0.1, 0.15) is 11.5 Å². The Kier molecular flexibility index (Phi) is 4.66. The van der Waals surface area contributed by atoms with E-state index in [0.717, 1.165) is 35.9 Å². The monoisotopic (exact) mass is 402 g/mol. The molecule has 1 aliphatic heterocycles. The SMILES string of the molecule is Cc1nc(N2CCN(C(=O)Cc3noc4ccccc34)CC2)cc(-n2cccc2)n1. The number of nitrogens with zero attached hydrogens (tertiary/aromatic N) is 6. The molecule has 0 spiro atoms. The molecule has 1 fully saturated rings. The van der Waals surface area contributed by atoms with Crippen molar-refractivity contribution >= 4 is 22.7 Å². The molecule has 4 heterocycles. The number of para-hydroxylation sites is 1. The number of fused-ring (bicyclic) bond motifs is 1. The second kappa shape index (κ2) is 7.62. The molecule has 0 saturated carbocycles. The van der Waals surface area contributed by atoms with E-state index in [1.54, 1.807) is 0 Å². The molecule has 4 aromatic rings. The first-order valence-corrected chi connectivity index (χ1v) is 10.0. The van der Waals surface area contributed by atoms with Gasteiger partial charge in [0.25, 0.3) is 0 Å². The molecule has 0 unspecified atom stereocenters. The zero-order valence-electron chi connectivity index (χ0n) is 16.7. The van der Waals surface area contributed by atoms with E-state index < -0.39 is 0 Å². The van der Waals surface area contributed by atoms with Gasteiger partial charge in [-0.15, -0.1) is 0 Å². The number of rotatable bonds is 4. The van der Waals surface area contributed by atoms with Gasteiger partial charge in [-0.3, -0.25) is 4.79 Å². The number of benzene rings is 1. The predicted molar refractivity (Wildman–Crippen MR) is 113 cm³/mol. The third kappa shape index (κ3) is 3.52. The molecular formula is C22H22N6O2. The maximum atomic E-state index is 12.8. The standard InChI is InChI=1S/C22H22N6O2/c1-16-23-20(26-8-4-5-9-26)15-21(24-16)27-10-12-28(13-11-27)22(29)14-18-17-6-2-3-7-19(17)30-25-18/h2-9,15H,10-14H2,1H3. The predicted octanol–water partition coefficient (Wildman–Crippen LogP) is 2.61. The molecular weight excluding hydrogens is 380 g/mol. The fourth-order valence-corrected chi connectivity index (χ4v) is 3.82. The van der Waals surface area contributed by atoms with Crippen molar-refractivity contribution < 1.29 is 9.32 Å². The number of aromatic nitrogens is 4. The van der Waals surface area contributed by atoms with Gasteiger partial charge in [0.2, 0.25) is 5.91 Å². The summed E-state index contributed by atoms with van der Waals surface area (Å²) < 4.78 is 7.29. The van der Waals surface area contributed by atoms with E-state index in [9.17, 15) is 4.79 Å². The lowest BCUT2D eigenvalue weighted by atomic mass is 10.1. The Balaban J connectivity index is 1.26. The summed E-state index contributed by atoms with van der Waals surface area (Å²) in [6.45, 7) is 4.66. The molecule has 3 aromatic heterocycles. The highest BCUT2D eigenvalue weighted by Crippen LogP contribution is 2.20. The molecule has 1 saturated heterocycles. The number of hydrogen-bond donors (Lipinski definition) is 0. The lowest BCUT2D eigenvalue weighted by Crippen LogP contribution is -2.49. The van der Waals surface area contributed by atoms with Gasteiger partial charge in [0.15, 0.2) is 5.58 Å². The number of carbonyl (C=O) groups is 1. The van der Waals surface area contributed by atoms with Crippen LogP contribution < -0.4 is 4.90 Å². The normalized spacial score (nSPS) is 14.4. The van der Waals surface area contributed by atoms with E-state index in [1.165, 1.54) is 0 Å². The lowest BCUT2D eigenvalue weighted by Gasteiger charge is -2.35. The lowest BCUT2D eigenvalue weighted by molar-refractivity contribution is -0.130. The quantitative estimate of drug-likeness (QED) is 0.522. The molecule has 0 N–H and O–H groups in total. The number of piperazine rings is 1. The molecule has 1 aromatic carbocycles. The van der Waals surface area contributed by atoms with Crippen molar-refractivity contribution in [2.24, 2.45) is 0 Å². The Morgan fingerprint density at radius 1 is 1.00 bits per heavy atom. The van der Waals surface area contributed by atoms with Crippen LogP contribution in [0, 0.1) is 6.92 Å². The average molecular weight is 402 g/mol. The van der Waals surface area contributed by atoms with Gasteiger partial charge < -0.3 is 18.9 Å². The van der Waals surface area contributed by atoms with E-state index in [2.05, 4.69) is 20.0 Å². The van der Waals surface area contributed by atoms with Gasteiger partial charge in [-0.1, -0.05) is 17.3 Å². The number of aryl methyl sites for hydroxylation is 1. The summed E-state index contributed by atoms with van der Waals surface area (Å²) in [5.74, 6) is 2.54. The third-order valence-electron chi connectivity index (χ3n) is 5.41. The van der Waals surface area contributed by atoms with E-state index in [4.69, 9.17) is 4.52 Å². The van der Waals surface area contributed by atoms with Crippen LogP contribution in [-0.2, 0) is 11.2 Å². The van der Waals surface area contributed by atoms with Crippen LogP contribution >= 0.6 is 0 Å². The maximum Gasteiger partial charge on any atom is 0.228 e. The first kappa shape index (κ1) is 18.4. The zero-order valence-corrected chi connectivity index (χ0v) is 16.7. The van der Waals surface area contributed by atoms with Crippen molar-refractivity contribution in [3.8, 4) is 5.82 Å². The van der Waals surface area contributed by atoms with Crippen molar-refractivity contribution in [2.75, 3.05) is 31.1 Å². The highest BCUT2D eigenvalue weighted by atomic mass is 16.5. The van der Waals surface area contributed by atoms with Crippen molar-refractivity contribution in [3.05, 3.63) is 66.4 Å². The van der Waals surface area contributed by atoms with Gasteiger partial charge in [0.1, 0.15) is 23.2 Å². The summed E-state index contributed by atoms with van der Waals surface area (Å²) in [5, 5.41) is 4.99. The second-order valence-electron chi connectivity index (χ2n) is 7.39. The van der Waals surface area contributed by atoms with E-state index in [-0.39, 0.29) is 12.3 Å². The maximum absolute atomic E-state index is 12.8. The molecule has 8 nitrogen and oxygen atoms in total. The molecule has 0 bridgehead atoms. The summed E-state index contributed by atoms with van der Waals surface area (Å²) in [7, 11) is 0. The van der Waals surface area contributed by atoms with Crippen LogP contribution in [0.4, 0.5) is 5.82 Å². The van der Waals surface area contributed by atoms with Gasteiger partial charge in [-0.05, 0) is 31.2 Å². The Morgan fingerprint density at radius 2 is 1.73 bits per heavy atom. The fraction of sp³-hybridized carbons (Fsp3) is 0.273. The number of anilines is 1. The van der Waals surface area contributed by atoms with Crippen molar-refractivity contribution in [2.45, 2.75) is 13.3 Å². The minimum atomic E-state index is 0.0700. The van der Waals surface area contributed by atoms with Gasteiger partial charge >= 0.3 is 0 Å². The molecule has 0 aliphatic carbocycles. The molecule has 1 aliphatic rings. The zero-order chi connectivity index (χ0) is 20.5. The molecule has 30 heavy (non-hydrogen) atoms.